The predicted molar refractivity (Wildman–Crippen MR) is 84.5 cm³/mol. The number of hydrogen-bond donors (Lipinski definition) is 0. The molecule has 0 aliphatic rings. The van der Waals surface area contributed by atoms with Crippen molar-refractivity contribution in [2.75, 3.05) is 5.88 Å². The van der Waals surface area contributed by atoms with E-state index in [2.05, 4.69) is 24.3 Å². The molecule has 0 amide bonds. The van der Waals surface area contributed by atoms with E-state index in [1.54, 1.807) is 0 Å². The van der Waals surface area contributed by atoms with Gasteiger partial charge in [-0.3, -0.25) is 0 Å². The van der Waals surface area contributed by atoms with Crippen LogP contribution in [0.2, 0.25) is 10.0 Å². The van der Waals surface area contributed by atoms with Crippen LogP contribution < -0.4 is 0 Å². The molecule has 100 valence electrons. The minimum Gasteiger partial charge on any atom is -0.126 e. The molecule has 0 heterocycles. The molecule has 0 N–H and O–H groups in total. The summed E-state index contributed by atoms with van der Waals surface area (Å²) < 4.78 is 0. The first-order valence-corrected chi connectivity index (χ1v) is 7.52. The molecule has 0 aromatic heterocycles. The second kappa shape index (κ2) is 7.19. The van der Waals surface area contributed by atoms with Crippen LogP contribution >= 0.6 is 34.8 Å². The molecule has 0 aliphatic carbocycles. The van der Waals surface area contributed by atoms with Crippen LogP contribution in [0.15, 0.2) is 48.5 Å². The highest BCUT2D eigenvalue weighted by Gasteiger charge is 2.10. The highest BCUT2D eigenvalue weighted by Crippen LogP contribution is 2.25. The van der Waals surface area contributed by atoms with Gasteiger partial charge in [0.2, 0.25) is 0 Å². The molecule has 2 aromatic rings. The monoisotopic (exact) mass is 312 g/mol. The molecule has 3 heteroatoms. The summed E-state index contributed by atoms with van der Waals surface area (Å²) in [4.78, 5) is 0. The third-order valence-corrected chi connectivity index (χ3v) is 4.27. The molecule has 0 saturated heterocycles. The summed E-state index contributed by atoms with van der Waals surface area (Å²) in [5, 5.41) is 1.20. The van der Waals surface area contributed by atoms with Crippen molar-refractivity contribution < 1.29 is 0 Å². The first-order chi connectivity index (χ1) is 9.19. The van der Waals surface area contributed by atoms with Gasteiger partial charge in [0.15, 0.2) is 0 Å². The largest absolute Gasteiger partial charge is 0.126 e. The number of rotatable bonds is 5. The maximum absolute atomic E-state index is 6.08. The lowest BCUT2D eigenvalue weighted by Gasteiger charge is -2.14. The molecule has 0 spiro atoms. The van der Waals surface area contributed by atoms with Gasteiger partial charge in [0.1, 0.15) is 0 Å². The van der Waals surface area contributed by atoms with E-state index >= 15 is 0 Å². The molecular formula is C16H15Cl3. The first kappa shape index (κ1) is 14.7. The Morgan fingerprint density at radius 1 is 0.789 bits per heavy atom. The van der Waals surface area contributed by atoms with Crippen molar-refractivity contribution in [3.05, 3.63) is 69.7 Å². The lowest BCUT2D eigenvalue weighted by molar-refractivity contribution is 0.584. The number of benzene rings is 2. The van der Waals surface area contributed by atoms with Gasteiger partial charge in [-0.05, 0) is 42.0 Å². The topological polar surface area (TPSA) is 0 Å². The van der Waals surface area contributed by atoms with E-state index in [9.17, 15) is 0 Å². The van der Waals surface area contributed by atoms with Crippen molar-refractivity contribution in [3.8, 4) is 0 Å². The summed E-state index contributed by atoms with van der Waals surface area (Å²) in [5.74, 6) is 1.04. The van der Waals surface area contributed by atoms with Crippen LogP contribution in [-0.2, 0) is 12.8 Å². The van der Waals surface area contributed by atoms with Gasteiger partial charge in [-0.25, -0.2) is 0 Å². The van der Waals surface area contributed by atoms with Crippen molar-refractivity contribution in [3.63, 3.8) is 0 Å². The molecule has 0 bridgehead atoms. The summed E-state index contributed by atoms with van der Waals surface area (Å²) in [5.41, 5.74) is 2.49. The SMILES string of the molecule is ClCC(Cc1ccccc1)Cc1ccc(Cl)c(Cl)c1. The maximum Gasteiger partial charge on any atom is 0.0595 e. The average Bonchev–Trinajstić information content (AvgIpc) is 2.43. The highest BCUT2D eigenvalue weighted by atomic mass is 35.5. The standard InChI is InChI=1S/C16H15Cl3/c17-11-14(8-12-4-2-1-3-5-12)9-13-6-7-15(18)16(19)10-13/h1-7,10,14H,8-9,11H2. The number of halogens is 3. The maximum atomic E-state index is 6.08. The Morgan fingerprint density at radius 2 is 1.47 bits per heavy atom. The smallest absolute Gasteiger partial charge is 0.0595 e. The number of hydrogen-bond acceptors (Lipinski definition) is 0. The molecule has 0 saturated carbocycles. The van der Waals surface area contributed by atoms with E-state index < -0.39 is 0 Å². The average molecular weight is 314 g/mol. The highest BCUT2D eigenvalue weighted by molar-refractivity contribution is 6.42. The van der Waals surface area contributed by atoms with Crippen LogP contribution in [0.4, 0.5) is 0 Å². The fourth-order valence-corrected chi connectivity index (χ4v) is 2.67. The Labute approximate surface area is 129 Å². The molecule has 19 heavy (non-hydrogen) atoms. The van der Waals surface area contributed by atoms with Crippen molar-refractivity contribution >= 4 is 34.8 Å². The summed E-state index contributed by atoms with van der Waals surface area (Å²) in [6.07, 6.45) is 1.89. The molecular weight excluding hydrogens is 299 g/mol. The number of alkyl halides is 1. The van der Waals surface area contributed by atoms with Gasteiger partial charge < -0.3 is 0 Å². The zero-order valence-corrected chi connectivity index (χ0v) is 12.7. The quantitative estimate of drug-likeness (QED) is 0.627. The van der Waals surface area contributed by atoms with E-state index in [-0.39, 0.29) is 0 Å². The molecule has 2 rings (SSSR count). The van der Waals surface area contributed by atoms with Gasteiger partial charge in [-0.15, -0.1) is 11.6 Å². The molecule has 0 nitrogen and oxygen atoms in total. The fraction of sp³-hybridized carbons (Fsp3) is 0.250. The van der Waals surface area contributed by atoms with Crippen LogP contribution in [0.25, 0.3) is 0 Å². The van der Waals surface area contributed by atoms with Gasteiger partial charge >= 0.3 is 0 Å². The summed E-state index contributed by atoms with van der Waals surface area (Å²) in [7, 11) is 0. The molecule has 0 radical (unpaired) electrons. The molecule has 2 aromatic carbocycles. The third-order valence-electron chi connectivity index (χ3n) is 3.09. The first-order valence-electron chi connectivity index (χ1n) is 6.23. The minimum absolute atomic E-state index is 0.404. The van der Waals surface area contributed by atoms with E-state index in [1.165, 1.54) is 11.1 Å². The van der Waals surface area contributed by atoms with Crippen LogP contribution in [0.3, 0.4) is 0 Å². The van der Waals surface area contributed by atoms with Crippen LogP contribution in [-0.4, -0.2) is 5.88 Å². The zero-order valence-electron chi connectivity index (χ0n) is 10.5. The van der Waals surface area contributed by atoms with Crippen molar-refractivity contribution in [2.24, 2.45) is 5.92 Å². The van der Waals surface area contributed by atoms with Gasteiger partial charge in [-0.1, -0.05) is 59.6 Å². The lowest BCUT2D eigenvalue weighted by Crippen LogP contribution is -2.10. The van der Waals surface area contributed by atoms with Crippen molar-refractivity contribution in [2.45, 2.75) is 12.8 Å². The summed E-state index contributed by atoms with van der Waals surface area (Å²) in [6.45, 7) is 0. The molecule has 0 aliphatic heterocycles. The Hall–Kier alpha value is -0.690. The second-order valence-electron chi connectivity index (χ2n) is 4.66. The normalized spacial score (nSPS) is 12.4. The van der Waals surface area contributed by atoms with Crippen LogP contribution in [0.5, 0.6) is 0 Å². The fourth-order valence-electron chi connectivity index (χ4n) is 2.13. The summed E-state index contributed by atoms with van der Waals surface area (Å²) >= 11 is 18.0. The lowest BCUT2D eigenvalue weighted by atomic mass is 9.94. The van der Waals surface area contributed by atoms with E-state index in [0.717, 1.165) is 12.8 Å². The Balaban J connectivity index is 2.04. The van der Waals surface area contributed by atoms with Crippen LogP contribution in [0, 0.1) is 5.92 Å². The predicted octanol–water partition coefficient (Wildman–Crippen LogP) is 5.63. The minimum atomic E-state index is 0.404. The van der Waals surface area contributed by atoms with E-state index in [4.69, 9.17) is 34.8 Å². The molecule has 0 fully saturated rings. The van der Waals surface area contributed by atoms with Gasteiger partial charge in [0.25, 0.3) is 0 Å². The summed E-state index contributed by atoms with van der Waals surface area (Å²) in [6, 6.07) is 16.2. The third kappa shape index (κ3) is 4.42. The Morgan fingerprint density at radius 3 is 2.11 bits per heavy atom. The molecule has 1 atom stereocenters. The van der Waals surface area contributed by atoms with Gasteiger partial charge in [0.05, 0.1) is 10.0 Å². The van der Waals surface area contributed by atoms with Gasteiger partial charge in [-0.2, -0.15) is 0 Å². The van der Waals surface area contributed by atoms with E-state index in [0.29, 0.717) is 21.8 Å². The van der Waals surface area contributed by atoms with E-state index in [1.807, 2.05) is 24.3 Å². The van der Waals surface area contributed by atoms with Gasteiger partial charge in [0, 0.05) is 5.88 Å². The Bertz CT molecular complexity index is 523. The molecule has 1 unspecified atom stereocenters. The van der Waals surface area contributed by atoms with Crippen molar-refractivity contribution in [1.29, 1.82) is 0 Å². The second-order valence-corrected chi connectivity index (χ2v) is 5.79. The Kier molecular flexibility index (Phi) is 5.57. The zero-order chi connectivity index (χ0) is 13.7. The van der Waals surface area contributed by atoms with Crippen molar-refractivity contribution in [1.82, 2.24) is 0 Å². The van der Waals surface area contributed by atoms with Crippen LogP contribution in [0.1, 0.15) is 11.1 Å².